The topological polar surface area (TPSA) is 12.5 Å². The van der Waals surface area contributed by atoms with Gasteiger partial charge in [-0.15, -0.1) is 0 Å². The molecular weight excluding hydrogens is 342 g/mol. The highest BCUT2D eigenvalue weighted by molar-refractivity contribution is 5.34. The van der Waals surface area contributed by atoms with Gasteiger partial charge in [-0.1, -0.05) is 88.1 Å². The van der Waals surface area contributed by atoms with Gasteiger partial charge in [-0.2, -0.15) is 0 Å². The second-order valence-corrected chi connectivity index (χ2v) is 7.59. The van der Waals surface area contributed by atoms with Gasteiger partial charge in [-0.3, -0.25) is 0 Å². The van der Waals surface area contributed by atoms with Crippen LogP contribution >= 0.6 is 0 Å². The molecule has 2 rings (SSSR count). The summed E-state index contributed by atoms with van der Waals surface area (Å²) in [6.45, 7) is 8.96. The van der Waals surface area contributed by atoms with E-state index >= 15 is 0 Å². The lowest BCUT2D eigenvalue weighted by atomic mass is 10.0. The molecule has 0 fully saturated rings. The molecule has 0 aromatic heterocycles. The molecule has 0 unspecified atom stereocenters. The maximum Gasteiger partial charge on any atom is 0.122 e. The summed E-state index contributed by atoms with van der Waals surface area (Å²) in [6, 6.07) is 19.2. The highest BCUT2D eigenvalue weighted by Gasteiger charge is 2.04. The second kappa shape index (κ2) is 14.2. The van der Waals surface area contributed by atoms with Gasteiger partial charge in [0.2, 0.25) is 0 Å². The van der Waals surface area contributed by atoms with E-state index in [1.165, 1.54) is 62.9 Å². The van der Waals surface area contributed by atoms with Crippen LogP contribution in [0.5, 0.6) is 5.75 Å². The van der Waals surface area contributed by atoms with Crippen molar-refractivity contribution < 1.29 is 4.74 Å². The number of hydrogen-bond acceptors (Lipinski definition) is 2. The number of unbranched alkanes of at least 4 members (excludes halogenated alkanes) is 5. The van der Waals surface area contributed by atoms with Gasteiger partial charge in [0.25, 0.3) is 0 Å². The van der Waals surface area contributed by atoms with Gasteiger partial charge in [0, 0.05) is 0 Å². The molecule has 0 radical (unpaired) electrons. The van der Waals surface area contributed by atoms with Crippen LogP contribution < -0.4 is 4.74 Å². The Balaban J connectivity index is 1.58. The van der Waals surface area contributed by atoms with Crippen LogP contribution in [0.4, 0.5) is 0 Å². The van der Waals surface area contributed by atoms with Gasteiger partial charge in [0.1, 0.15) is 5.75 Å². The molecule has 0 bridgehead atoms. The Morgan fingerprint density at radius 3 is 2.07 bits per heavy atom. The molecular formula is C26H39NO. The summed E-state index contributed by atoms with van der Waals surface area (Å²) in [6.07, 6.45) is 9.92. The zero-order valence-corrected chi connectivity index (χ0v) is 18.0. The predicted molar refractivity (Wildman–Crippen MR) is 121 cm³/mol. The monoisotopic (exact) mass is 381 g/mol. The Bertz CT molecular complexity index is 621. The maximum atomic E-state index is 6.11. The molecule has 154 valence electrons. The molecule has 2 aromatic rings. The van der Waals surface area contributed by atoms with Crippen molar-refractivity contribution in [2.75, 3.05) is 26.2 Å². The minimum Gasteiger partial charge on any atom is -0.493 e. The first kappa shape index (κ1) is 22.5. The summed E-state index contributed by atoms with van der Waals surface area (Å²) in [7, 11) is 0. The smallest absolute Gasteiger partial charge is 0.122 e. The molecule has 0 saturated heterocycles. The van der Waals surface area contributed by atoms with Crippen LogP contribution in [0, 0.1) is 0 Å². The Morgan fingerprint density at radius 1 is 0.679 bits per heavy atom. The van der Waals surface area contributed by atoms with Crippen molar-refractivity contribution in [2.45, 2.75) is 65.2 Å². The largest absolute Gasteiger partial charge is 0.493 e. The van der Waals surface area contributed by atoms with Crippen LogP contribution in [0.2, 0.25) is 0 Å². The van der Waals surface area contributed by atoms with Crippen molar-refractivity contribution >= 4 is 0 Å². The first-order valence-electron chi connectivity index (χ1n) is 11.3. The lowest BCUT2D eigenvalue weighted by molar-refractivity contribution is 0.291. The van der Waals surface area contributed by atoms with Crippen molar-refractivity contribution in [1.82, 2.24) is 4.90 Å². The Labute approximate surface area is 172 Å². The summed E-state index contributed by atoms with van der Waals surface area (Å²) in [5.74, 6) is 1.07. The normalized spacial score (nSPS) is 11.1. The number of benzene rings is 2. The fourth-order valence-electron chi connectivity index (χ4n) is 3.64. The molecule has 2 heteroatoms. The van der Waals surface area contributed by atoms with Gasteiger partial charge in [0.15, 0.2) is 0 Å². The van der Waals surface area contributed by atoms with Gasteiger partial charge in [-0.25, -0.2) is 0 Å². The molecule has 0 aliphatic carbocycles. The van der Waals surface area contributed by atoms with Crippen LogP contribution in [-0.2, 0) is 12.8 Å². The lowest BCUT2D eigenvalue weighted by Crippen LogP contribution is -2.23. The highest BCUT2D eigenvalue weighted by atomic mass is 16.5. The van der Waals surface area contributed by atoms with Crippen molar-refractivity contribution in [3.8, 4) is 5.75 Å². The Hall–Kier alpha value is -1.80. The van der Waals surface area contributed by atoms with Gasteiger partial charge >= 0.3 is 0 Å². The van der Waals surface area contributed by atoms with E-state index in [0.717, 1.165) is 31.6 Å². The summed E-state index contributed by atoms with van der Waals surface area (Å²) in [5, 5.41) is 0. The maximum absolute atomic E-state index is 6.11. The zero-order chi connectivity index (χ0) is 19.9. The van der Waals surface area contributed by atoms with Crippen molar-refractivity contribution in [2.24, 2.45) is 0 Å². The molecule has 28 heavy (non-hydrogen) atoms. The predicted octanol–water partition coefficient (Wildman–Crippen LogP) is 6.53. The minimum atomic E-state index is 0.835. The third-order valence-electron chi connectivity index (χ3n) is 5.52. The number of hydrogen-bond donors (Lipinski definition) is 0. The van der Waals surface area contributed by atoms with Crippen molar-refractivity contribution in [3.05, 3.63) is 65.7 Å². The summed E-state index contributed by atoms with van der Waals surface area (Å²) in [4.78, 5) is 2.52. The van der Waals surface area contributed by atoms with E-state index in [0.29, 0.717) is 0 Å². The molecule has 0 spiro atoms. The molecule has 0 heterocycles. The van der Waals surface area contributed by atoms with E-state index in [2.05, 4.69) is 73.3 Å². The SMILES string of the molecule is CCN(CC)CCCCCCCCOc1ccccc1CCc1ccccc1. The number of aryl methyl sites for hydroxylation is 2. The third-order valence-corrected chi connectivity index (χ3v) is 5.52. The number of rotatable bonds is 15. The standard InChI is InChI=1S/C26H39NO/c1-3-27(4-2)22-14-7-5-6-8-15-23-28-26-19-13-12-18-25(26)21-20-24-16-10-9-11-17-24/h9-13,16-19H,3-8,14-15,20-23H2,1-2H3. The molecule has 2 aromatic carbocycles. The molecule has 0 N–H and O–H groups in total. The fraction of sp³-hybridized carbons (Fsp3) is 0.538. The molecule has 2 nitrogen and oxygen atoms in total. The van der Waals surface area contributed by atoms with Gasteiger partial charge in [-0.05, 0) is 62.5 Å². The Kier molecular flexibility index (Phi) is 11.4. The van der Waals surface area contributed by atoms with Crippen LogP contribution in [0.1, 0.15) is 63.5 Å². The van der Waals surface area contributed by atoms with Crippen molar-refractivity contribution in [3.63, 3.8) is 0 Å². The van der Waals surface area contributed by atoms with Crippen LogP contribution in [0.25, 0.3) is 0 Å². The van der Waals surface area contributed by atoms with Crippen LogP contribution in [-0.4, -0.2) is 31.1 Å². The Morgan fingerprint density at radius 2 is 1.32 bits per heavy atom. The van der Waals surface area contributed by atoms with Crippen molar-refractivity contribution in [1.29, 1.82) is 0 Å². The minimum absolute atomic E-state index is 0.835. The molecule has 0 saturated carbocycles. The van der Waals surface area contributed by atoms with Gasteiger partial charge in [0.05, 0.1) is 6.61 Å². The molecule has 0 aliphatic heterocycles. The third kappa shape index (κ3) is 8.93. The summed E-state index contributed by atoms with van der Waals surface area (Å²) in [5.41, 5.74) is 2.71. The zero-order valence-electron chi connectivity index (χ0n) is 18.0. The average molecular weight is 382 g/mol. The molecule has 0 amide bonds. The van der Waals surface area contributed by atoms with E-state index in [4.69, 9.17) is 4.74 Å². The average Bonchev–Trinajstić information content (AvgIpc) is 2.75. The van der Waals surface area contributed by atoms with E-state index in [1.807, 2.05) is 0 Å². The van der Waals surface area contributed by atoms with E-state index in [-0.39, 0.29) is 0 Å². The van der Waals surface area contributed by atoms with Gasteiger partial charge < -0.3 is 9.64 Å². The van der Waals surface area contributed by atoms with E-state index in [1.54, 1.807) is 0 Å². The second-order valence-electron chi connectivity index (χ2n) is 7.59. The summed E-state index contributed by atoms with van der Waals surface area (Å²) < 4.78 is 6.11. The number of nitrogens with zero attached hydrogens (tertiary/aromatic N) is 1. The lowest BCUT2D eigenvalue weighted by Gasteiger charge is -2.17. The summed E-state index contributed by atoms with van der Waals surface area (Å²) >= 11 is 0. The molecule has 0 aliphatic rings. The number of para-hydroxylation sites is 1. The molecule has 0 atom stereocenters. The van der Waals surface area contributed by atoms with Crippen LogP contribution in [0.3, 0.4) is 0 Å². The fourth-order valence-corrected chi connectivity index (χ4v) is 3.64. The van der Waals surface area contributed by atoms with Crippen LogP contribution in [0.15, 0.2) is 54.6 Å². The first-order chi connectivity index (χ1) is 13.8. The van der Waals surface area contributed by atoms with E-state index < -0.39 is 0 Å². The number of ether oxygens (including phenoxy) is 1. The van der Waals surface area contributed by atoms with E-state index in [9.17, 15) is 0 Å². The highest BCUT2D eigenvalue weighted by Crippen LogP contribution is 2.20. The first-order valence-corrected chi connectivity index (χ1v) is 11.3. The quantitative estimate of drug-likeness (QED) is 0.325.